The maximum Gasteiger partial charge on any atom is 0.145 e. The molecule has 0 spiro atoms. The van der Waals surface area contributed by atoms with Crippen molar-refractivity contribution in [3.63, 3.8) is 0 Å². The topological polar surface area (TPSA) is 24.4 Å². The van der Waals surface area contributed by atoms with Gasteiger partial charge in [0, 0.05) is 11.1 Å². The molecule has 1 aliphatic carbocycles. The molecule has 0 amide bonds. The predicted molar refractivity (Wildman–Crippen MR) is 231 cm³/mol. The minimum atomic E-state index is -0.251. The molecule has 1 aliphatic heterocycles. The van der Waals surface area contributed by atoms with Crippen molar-refractivity contribution < 1.29 is 0 Å². The lowest BCUT2D eigenvalue weighted by molar-refractivity contribution is 0.664. The largest absolute Gasteiger partial charge is 0.360 e. The highest BCUT2D eigenvalue weighted by Gasteiger charge is 2.39. The summed E-state index contributed by atoms with van der Waals surface area (Å²) < 4.78 is 0. The molecule has 0 fully saturated rings. The first-order valence-corrected chi connectivity index (χ1v) is 19.2. The van der Waals surface area contributed by atoms with Crippen LogP contribution < -0.4 is 5.32 Å². The maximum atomic E-state index is 5.30. The highest BCUT2D eigenvalue weighted by molar-refractivity contribution is 6.13. The predicted octanol–water partition coefficient (Wildman–Crippen LogP) is 13.3. The van der Waals surface area contributed by atoms with Crippen LogP contribution in [0.2, 0.25) is 0 Å². The van der Waals surface area contributed by atoms with Crippen molar-refractivity contribution in [2.24, 2.45) is 4.99 Å². The fraction of sp³-hybridized carbons (Fsp3) is 0.0755. The van der Waals surface area contributed by atoms with Gasteiger partial charge in [-0.15, -0.1) is 0 Å². The van der Waals surface area contributed by atoms with Gasteiger partial charge in [0.15, 0.2) is 0 Å². The second-order valence-corrected chi connectivity index (χ2v) is 15.2. The number of nitrogens with zero attached hydrogens (tertiary/aromatic N) is 1. The summed E-state index contributed by atoms with van der Waals surface area (Å²) in [5.41, 5.74) is 18.0. The molecule has 10 rings (SSSR count). The molecule has 8 aromatic rings. The third-order valence-corrected chi connectivity index (χ3v) is 11.5. The zero-order valence-electron chi connectivity index (χ0n) is 31.0. The number of hydrogen-bond donors (Lipinski definition) is 1. The molecule has 0 aromatic heterocycles. The molecular formula is C53H40N2. The van der Waals surface area contributed by atoms with E-state index < -0.39 is 0 Å². The van der Waals surface area contributed by atoms with Crippen molar-refractivity contribution in [1.29, 1.82) is 0 Å². The molecule has 1 unspecified atom stereocenters. The molecule has 0 radical (unpaired) electrons. The lowest BCUT2D eigenvalue weighted by Crippen LogP contribution is -2.24. The van der Waals surface area contributed by atoms with Crippen molar-refractivity contribution in [3.8, 4) is 44.5 Å². The molecule has 262 valence electrons. The lowest BCUT2D eigenvalue weighted by atomic mass is 9.78. The second-order valence-electron chi connectivity index (χ2n) is 15.2. The van der Waals surface area contributed by atoms with Crippen LogP contribution in [0.25, 0.3) is 61.0 Å². The van der Waals surface area contributed by atoms with Gasteiger partial charge in [0.05, 0.1) is 5.71 Å². The summed E-state index contributed by atoms with van der Waals surface area (Å²) in [6.07, 6.45) is 1.93. The highest BCUT2D eigenvalue weighted by atomic mass is 15.1. The summed E-state index contributed by atoms with van der Waals surface area (Å²) >= 11 is 0. The summed E-state index contributed by atoms with van der Waals surface area (Å²) in [6, 6.07) is 68.0. The van der Waals surface area contributed by atoms with E-state index in [0.717, 1.165) is 28.1 Å². The summed E-state index contributed by atoms with van der Waals surface area (Å²) in [7, 11) is 0. The van der Waals surface area contributed by atoms with Crippen LogP contribution in [0.4, 0.5) is 0 Å². The van der Waals surface area contributed by atoms with Crippen LogP contribution in [0.15, 0.2) is 199 Å². The van der Waals surface area contributed by atoms with Crippen LogP contribution in [-0.2, 0) is 5.41 Å². The Bertz CT molecular complexity index is 2780. The fourth-order valence-corrected chi connectivity index (χ4v) is 8.70. The van der Waals surface area contributed by atoms with Gasteiger partial charge in [-0.3, -0.25) is 4.99 Å². The molecule has 0 saturated heterocycles. The Hall–Kier alpha value is -6.77. The zero-order chi connectivity index (χ0) is 36.9. The van der Waals surface area contributed by atoms with Gasteiger partial charge in [0.25, 0.3) is 0 Å². The number of benzene rings is 8. The van der Waals surface area contributed by atoms with Gasteiger partial charge in [-0.2, -0.15) is 0 Å². The molecule has 0 saturated carbocycles. The number of allylic oxidation sites excluding steroid dienone is 1. The van der Waals surface area contributed by atoms with Crippen molar-refractivity contribution in [2.45, 2.75) is 25.4 Å². The van der Waals surface area contributed by atoms with Crippen LogP contribution in [0, 0.1) is 0 Å². The van der Waals surface area contributed by atoms with Crippen LogP contribution in [0.1, 0.15) is 47.8 Å². The number of nitrogens with one attached hydrogen (secondary N) is 1. The van der Waals surface area contributed by atoms with Crippen molar-refractivity contribution in [3.05, 3.63) is 222 Å². The van der Waals surface area contributed by atoms with E-state index in [1.54, 1.807) is 0 Å². The number of rotatable bonds is 6. The van der Waals surface area contributed by atoms with E-state index in [1.165, 1.54) is 66.4 Å². The van der Waals surface area contributed by atoms with Crippen LogP contribution >= 0.6 is 0 Å². The van der Waals surface area contributed by atoms with Gasteiger partial charge in [0.1, 0.15) is 6.17 Å². The first kappa shape index (κ1) is 32.8. The molecule has 55 heavy (non-hydrogen) atoms. The molecule has 2 heteroatoms. The number of fused-ring (bicyclic) bond motifs is 5. The number of hydrogen-bond acceptors (Lipinski definition) is 2. The molecule has 2 nitrogen and oxygen atoms in total. The Balaban J connectivity index is 1.03. The Labute approximate surface area is 323 Å². The van der Waals surface area contributed by atoms with E-state index in [4.69, 9.17) is 4.99 Å². The van der Waals surface area contributed by atoms with Crippen molar-refractivity contribution in [2.75, 3.05) is 0 Å². The SMILES string of the molecule is CC1(C)c2cc(-c3cccc(C4N=C(c5ccccc5)C=C(c5ccc(-c6ccccc6)cc5)N4)c3)ccc2-c2c(-c3ccccc3)cc3ccccc3c21. The molecular weight excluding hydrogens is 665 g/mol. The smallest absolute Gasteiger partial charge is 0.145 e. The van der Waals surface area contributed by atoms with Crippen LogP contribution in [-0.4, -0.2) is 5.71 Å². The van der Waals surface area contributed by atoms with Gasteiger partial charge >= 0.3 is 0 Å². The first-order valence-electron chi connectivity index (χ1n) is 19.2. The molecule has 1 atom stereocenters. The van der Waals surface area contributed by atoms with Gasteiger partial charge < -0.3 is 5.32 Å². The van der Waals surface area contributed by atoms with Crippen LogP contribution in [0.5, 0.6) is 0 Å². The average molecular weight is 705 g/mol. The first-order chi connectivity index (χ1) is 27.0. The highest BCUT2D eigenvalue weighted by Crippen LogP contribution is 2.55. The average Bonchev–Trinajstić information content (AvgIpc) is 3.50. The van der Waals surface area contributed by atoms with Crippen LogP contribution in [0.3, 0.4) is 0 Å². The van der Waals surface area contributed by atoms with E-state index in [2.05, 4.69) is 213 Å². The third-order valence-electron chi connectivity index (χ3n) is 11.5. The Morgan fingerprint density at radius 3 is 1.80 bits per heavy atom. The quantitative estimate of drug-likeness (QED) is 0.183. The maximum absolute atomic E-state index is 5.30. The van der Waals surface area contributed by atoms with Gasteiger partial charge in [-0.25, -0.2) is 0 Å². The monoisotopic (exact) mass is 704 g/mol. The standard InChI is InChI=1S/C53H40N2/c1-53(2)47-33-41(29-30-45(47)50-46(37-17-8-4-9-18-37)32-42-21-12-13-24-44(42)51(50)53)40-22-14-23-43(31-40)52-54-48(38-19-10-5-11-20-38)34-49(55-52)39-27-25-36(26-28-39)35-15-6-3-7-16-35/h3-34,52,55H,1-2H3. The molecule has 0 bridgehead atoms. The third kappa shape index (κ3) is 5.79. The minimum absolute atomic E-state index is 0.182. The second kappa shape index (κ2) is 13.3. The summed E-state index contributed by atoms with van der Waals surface area (Å²) in [4.78, 5) is 5.30. The van der Waals surface area contributed by atoms with E-state index in [9.17, 15) is 0 Å². The summed E-state index contributed by atoms with van der Waals surface area (Å²) in [5, 5.41) is 6.41. The van der Waals surface area contributed by atoms with E-state index >= 15 is 0 Å². The molecule has 8 aromatic carbocycles. The number of aliphatic imine (C=N–C) groups is 1. The normalized spacial score (nSPS) is 15.4. The van der Waals surface area contributed by atoms with Crippen molar-refractivity contribution >= 4 is 22.2 Å². The van der Waals surface area contributed by atoms with E-state index in [0.29, 0.717) is 0 Å². The Morgan fingerprint density at radius 2 is 1.05 bits per heavy atom. The minimum Gasteiger partial charge on any atom is -0.360 e. The van der Waals surface area contributed by atoms with E-state index in [1.807, 2.05) is 0 Å². The molecule has 1 N–H and O–H groups in total. The zero-order valence-corrected chi connectivity index (χ0v) is 31.0. The Morgan fingerprint density at radius 1 is 0.473 bits per heavy atom. The van der Waals surface area contributed by atoms with Crippen molar-refractivity contribution in [1.82, 2.24) is 5.32 Å². The summed E-state index contributed by atoms with van der Waals surface area (Å²) in [6.45, 7) is 4.79. The summed E-state index contributed by atoms with van der Waals surface area (Å²) in [5.74, 6) is 0. The van der Waals surface area contributed by atoms with Gasteiger partial charge in [-0.1, -0.05) is 184 Å². The Kier molecular flexibility index (Phi) is 7.92. The molecule has 2 aliphatic rings. The molecule has 1 heterocycles. The lowest BCUT2D eigenvalue weighted by Gasteiger charge is -2.26. The van der Waals surface area contributed by atoms with Gasteiger partial charge in [-0.05, 0) is 107 Å². The fourth-order valence-electron chi connectivity index (χ4n) is 8.70. The van der Waals surface area contributed by atoms with E-state index in [-0.39, 0.29) is 11.6 Å². The van der Waals surface area contributed by atoms with Gasteiger partial charge in [0.2, 0.25) is 0 Å².